The number of hydrogen-bond donors (Lipinski definition) is 2. The summed E-state index contributed by atoms with van der Waals surface area (Å²) in [4.78, 5) is 11.8. The summed E-state index contributed by atoms with van der Waals surface area (Å²) in [7, 11) is 0. The molecule has 5 heteroatoms. The lowest BCUT2D eigenvalue weighted by Crippen LogP contribution is -2.20. The summed E-state index contributed by atoms with van der Waals surface area (Å²) in [5.41, 5.74) is 0.246. The van der Waals surface area contributed by atoms with Crippen molar-refractivity contribution in [2.75, 3.05) is 5.32 Å². The molecular formula is C12H15Cl2NO2. The average Bonchev–Trinajstić information content (AvgIpc) is 2.25. The molecule has 0 fully saturated rings. The Kier molecular flexibility index (Phi) is 5.09. The van der Waals surface area contributed by atoms with Gasteiger partial charge in [-0.05, 0) is 18.6 Å². The second-order valence-corrected chi connectivity index (χ2v) is 4.81. The number of nitrogens with one attached hydrogen (secondary N) is 1. The molecule has 1 amide bonds. The third-order valence-corrected chi connectivity index (χ3v) is 2.96. The van der Waals surface area contributed by atoms with Crippen LogP contribution in [0.25, 0.3) is 0 Å². The molecule has 0 aromatic heterocycles. The van der Waals surface area contributed by atoms with Crippen LogP contribution in [0.2, 0.25) is 10.0 Å². The monoisotopic (exact) mass is 275 g/mol. The highest BCUT2D eigenvalue weighted by Crippen LogP contribution is 2.35. The number of hydrogen-bond acceptors (Lipinski definition) is 2. The molecule has 0 heterocycles. The van der Waals surface area contributed by atoms with Gasteiger partial charge in [0.15, 0.2) is 5.75 Å². The normalized spacial score (nSPS) is 12.2. The zero-order chi connectivity index (χ0) is 13.0. The van der Waals surface area contributed by atoms with Gasteiger partial charge in [-0.3, -0.25) is 4.79 Å². The number of carbonyl (C=O) groups excluding carboxylic acids is 1. The number of carbonyl (C=O) groups is 1. The fourth-order valence-electron chi connectivity index (χ4n) is 1.48. The Labute approximate surface area is 111 Å². The number of halogens is 2. The van der Waals surface area contributed by atoms with Crippen molar-refractivity contribution in [2.24, 2.45) is 5.92 Å². The minimum absolute atomic E-state index is 0.114. The quantitative estimate of drug-likeness (QED) is 0.814. The van der Waals surface area contributed by atoms with Gasteiger partial charge in [0.2, 0.25) is 5.91 Å². The number of aromatic hydroxyl groups is 1. The maximum Gasteiger partial charge on any atom is 0.227 e. The van der Waals surface area contributed by atoms with Gasteiger partial charge >= 0.3 is 0 Å². The zero-order valence-electron chi connectivity index (χ0n) is 9.76. The molecule has 1 aromatic carbocycles. The third-order valence-electron chi connectivity index (χ3n) is 2.46. The van der Waals surface area contributed by atoms with Gasteiger partial charge in [0.1, 0.15) is 0 Å². The fraction of sp³-hybridized carbons (Fsp3) is 0.417. The van der Waals surface area contributed by atoms with Crippen LogP contribution in [0, 0.1) is 5.92 Å². The van der Waals surface area contributed by atoms with E-state index in [9.17, 15) is 9.90 Å². The largest absolute Gasteiger partial charge is 0.504 e. The first kappa shape index (κ1) is 14.1. The van der Waals surface area contributed by atoms with Gasteiger partial charge in [-0.2, -0.15) is 0 Å². The molecule has 3 nitrogen and oxygen atoms in total. The third kappa shape index (κ3) is 3.79. The number of anilines is 1. The van der Waals surface area contributed by atoms with Crippen LogP contribution in [-0.2, 0) is 4.79 Å². The molecule has 1 unspecified atom stereocenters. The summed E-state index contributed by atoms with van der Waals surface area (Å²) in [6, 6.07) is 2.89. The SMILES string of the molecule is CCCC(C)C(=O)Nc1cc(Cl)cc(Cl)c1O. The van der Waals surface area contributed by atoms with Crippen molar-refractivity contribution in [3.05, 3.63) is 22.2 Å². The first-order valence-corrected chi connectivity index (χ1v) is 6.20. The van der Waals surface area contributed by atoms with Crippen molar-refractivity contribution in [1.82, 2.24) is 0 Å². The number of phenolic OH excluding ortho intramolecular Hbond substituents is 1. The van der Waals surface area contributed by atoms with E-state index in [0.29, 0.717) is 5.02 Å². The highest BCUT2D eigenvalue weighted by Gasteiger charge is 2.15. The number of phenols is 1. The lowest BCUT2D eigenvalue weighted by molar-refractivity contribution is -0.119. The molecule has 0 bridgehead atoms. The molecule has 0 radical (unpaired) electrons. The Bertz CT molecular complexity index is 421. The van der Waals surface area contributed by atoms with Gasteiger partial charge in [0.25, 0.3) is 0 Å². The van der Waals surface area contributed by atoms with Crippen molar-refractivity contribution >= 4 is 34.8 Å². The van der Waals surface area contributed by atoms with E-state index in [-0.39, 0.29) is 28.3 Å². The van der Waals surface area contributed by atoms with Gasteiger partial charge in [0.05, 0.1) is 10.7 Å². The fourth-order valence-corrected chi connectivity index (χ4v) is 1.97. The van der Waals surface area contributed by atoms with Crippen molar-refractivity contribution in [2.45, 2.75) is 26.7 Å². The molecule has 0 spiro atoms. The van der Waals surface area contributed by atoms with Gasteiger partial charge in [-0.1, -0.05) is 43.5 Å². The summed E-state index contributed by atoms with van der Waals surface area (Å²) < 4.78 is 0. The maximum atomic E-state index is 11.8. The maximum absolute atomic E-state index is 11.8. The van der Waals surface area contributed by atoms with Gasteiger partial charge in [0, 0.05) is 10.9 Å². The summed E-state index contributed by atoms with van der Waals surface area (Å²) in [6.07, 6.45) is 1.72. The summed E-state index contributed by atoms with van der Waals surface area (Å²) in [5, 5.41) is 12.8. The standard InChI is InChI=1S/C12H15Cl2NO2/c1-3-4-7(2)12(17)15-10-6-8(13)5-9(14)11(10)16/h5-7,16H,3-4H2,1-2H3,(H,15,17). The Hall–Kier alpha value is -0.930. The molecule has 1 atom stereocenters. The van der Waals surface area contributed by atoms with E-state index in [1.807, 2.05) is 13.8 Å². The predicted molar refractivity (Wildman–Crippen MR) is 70.8 cm³/mol. The molecule has 0 aliphatic carbocycles. The average molecular weight is 276 g/mol. The molecule has 1 rings (SSSR count). The van der Waals surface area contributed by atoms with E-state index < -0.39 is 0 Å². The minimum Gasteiger partial charge on any atom is -0.504 e. The van der Waals surface area contributed by atoms with Crippen LogP contribution in [0.15, 0.2) is 12.1 Å². The van der Waals surface area contributed by atoms with Crippen molar-refractivity contribution in [3.8, 4) is 5.75 Å². The Balaban J connectivity index is 2.85. The lowest BCUT2D eigenvalue weighted by Gasteiger charge is -2.13. The van der Waals surface area contributed by atoms with Gasteiger partial charge in [-0.15, -0.1) is 0 Å². The summed E-state index contributed by atoms with van der Waals surface area (Å²) in [5.74, 6) is -0.425. The van der Waals surface area contributed by atoms with Crippen LogP contribution >= 0.6 is 23.2 Å². The number of rotatable bonds is 4. The molecular weight excluding hydrogens is 261 g/mol. The van der Waals surface area contributed by atoms with Crippen LogP contribution < -0.4 is 5.32 Å². The number of amides is 1. The van der Waals surface area contributed by atoms with Crippen LogP contribution in [0.5, 0.6) is 5.75 Å². The van der Waals surface area contributed by atoms with E-state index in [0.717, 1.165) is 12.8 Å². The molecule has 0 aliphatic heterocycles. The molecule has 17 heavy (non-hydrogen) atoms. The van der Waals surface area contributed by atoms with Crippen LogP contribution in [0.4, 0.5) is 5.69 Å². The molecule has 0 aliphatic rings. The Morgan fingerprint density at radius 2 is 2.12 bits per heavy atom. The second-order valence-electron chi connectivity index (χ2n) is 3.96. The van der Waals surface area contributed by atoms with Crippen molar-refractivity contribution < 1.29 is 9.90 Å². The van der Waals surface area contributed by atoms with Crippen LogP contribution in [-0.4, -0.2) is 11.0 Å². The van der Waals surface area contributed by atoms with Crippen molar-refractivity contribution in [1.29, 1.82) is 0 Å². The minimum atomic E-state index is -0.159. The van der Waals surface area contributed by atoms with Gasteiger partial charge in [-0.25, -0.2) is 0 Å². The smallest absolute Gasteiger partial charge is 0.227 e. The second kappa shape index (κ2) is 6.12. The lowest BCUT2D eigenvalue weighted by atomic mass is 10.1. The molecule has 94 valence electrons. The highest BCUT2D eigenvalue weighted by molar-refractivity contribution is 6.36. The van der Waals surface area contributed by atoms with Crippen LogP contribution in [0.1, 0.15) is 26.7 Å². The van der Waals surface area contributed by atoms with E-state index >= 15 is 0 Å². The Morgan fingerprint density at radius 1 is 1.47 bits per heavy atom. The highest BCUT2D eigenvalue weighted by atomic mass is 35.5. The first-order valence-electron chi connectivity index (χ1n) is 5.44. The zero-order valence-corrected chi connectivity index (χ0v) is 11.3. The molecule has 1 aromatic rings. The van der Waals surface area contributed by atoms with E-state index in [1.54, 1.807) is 0 Å². The molecule has 2 N–H and O–H groups in total. The number of benzene rings is 1. The summed E-state index contributed by atoms with van der Waals surface area (Å²) in [6.45, 7) is 3.85. The van der Waals surface area contributed by atoms with E-state index in [2.05, 4.69) is 5.32 Å². The Morgan fingerprint density at radius 3 is 2.71 bits per heavy atom. The first-order chi connectivity index (χ1) is 7.95. The van der Waals surface area contributed by atoms with E-state index in [1.165, 1.54) is 12.1 Å². The summed E-state index contributed by atoms with van der Waals surface area (Å²) >= 11 is 11.6. The van der Waals surface area contributed by atoms with Gasteiger partial charge < -0.3 is 10.4 Å². The van der Waals surface area contributed by atoms with E-state index in [4.69, 9.17) is 23.2 Å². The molecule has 0 saturated heterocycles. The predicted octanol–water partition coefficient (Wildman–Crippen LogP) is 4.07. The molecule has 0 saturated carbocycles. The van der Waals surface area contributed by atoms with Crippen molar-refractivity contribution in [3.63, 3.8) is 0 Å². The topological polar surface area (TPSA) is 49.3 Å². The van der Waals surface area contributed by atoms with Crippen LogP contribution in [0.3, 0.4) is 0 Å².